The average Bonchev–Trinajstić information content (AvgIpc) is 2.68. The number of carbonyl (C=O) groups excluding carboxylic acids is 1. The van der Waals surface area contributed by atoms with Crippen LogP contribution in [0.15, 0.2) is 42.5 Å². The number of ether oxygens (including phenoxy) is 2. The van der Waals surface area contributed by atoms with Gasteiger partial charge < -0.3 is 19.7 Å². The van der Waals surface area contributed by atoms with Gasteiger partial charge in [0.15, 0.2) is 11.5 Å². The van der Waals surface area contributed by atoms with Gasteiger partial charge in [-0.1, -0.05) is 31.2 Å². The van der Waals surface area contributed by atoms with E-state index < -0.39 is 12.8 Å². The first-order valence-electron chi connectivity index (χ1n) is 9.36. The van der Waals surface area contributed by atoms with Crippen molar-refractivity contribution in [2.24, 2.45) is 0 Å². The molecular formula is C21H24F2N2O3. The second kappa shape index (κ2) is 8.46. The topological polar surface area (TPSA) is 50.8 Å². The zero-order valence-corrected chi connectivity index (χ0v) is 16.1. The molecule has 0 spiro atoms. The lowest BCUT2D eigenvalue weighted by atomic mass is 10.00. The number of hydrogen-bond donors (Lipinski definition) is 1. The van der Waals surface area contributed by atoms with Crippen molar-refractivity contribution in [3.05, 3.63) is 53.6 Å². The van der Waals surface area contributed by atoms with Gasteiger partial charge in [0.25, 0.3) is 5.91 Å². The summed E-state index contributed by atoms with van der Waals surface area (Å²) in [6, 6.07) is 12.0. The Hall–Kier alpha value is -2.83. The quantitative estimate of drug-likeness (QED) is 0.719. The minimum Gasteiger partial charge on any atom is -0.490 e. The van der Waals surface area contributed by atoms with Crippen LogP contribution in [0.2, 0.25) is 0 Å². The number of anilines is 1. The van der Waals surface area contributed by atoms with E-state index in [4.69, 9.17) is 9.47 Å². The number of para-hydroxylation sites is 2. The molecule has 0 aromatic heterocycles. The first kappa shape index (κ1) is 19.9. The molecule has 150 valence electrons. The molecule has 7 heteroatoms. The summed E-state index contributed by atoms with van der Waals surface area (Å²) in [5, 5.41) is 3.32. The van der Waals surface area contributed by atoms with Gasteiger partial charge in [0.2, 0.25) is 0 Å². The van der Waals surface area contributed by atoms with E-state index in [0.29, 0.717) is 29.8 Å². The summed E-state index contributed by atoms with van der Waals surface area (Å²) in [7, 11) is 0. The molecule has 28 heavy (non-hydrogen) atoms. The second-order valence-corrected chi connectivity index (χ2v) is 6.55. The lowest BCUT2D eigenvalue weighted by Gasteiger charge is -2.42. The molecule has 0 aliphatic carbocycles. The van der Waals surface area contributed by atoms with Crippen molar-refractivity contribution < 1.29 is 23.0 Å². The van der Waals surface area contributed by atoms with E-state index in [1.807, 2.05) is 19.9 Å². The minimum atomic E-state index is -3.01. The number of alkyl halides is 2. The van der Waals surface area contributed by atoms with E-state index >= 15 is 0 Å². The maximum atomic E-state index is 13.2. The average molecular weight is 390 g/mol. The molecule has 3 rings (SSSR count). The maximum Gasteiger partial charge on any atom is 0.387 e. The van der Waals surface area contributed by atoms with Crippen LogP contribution < -0.4 is 14.8 Å². The number of nitrogens with one attached hydrogen (secondary N) is 1. The van der Waals surface area contributed by atoms with Gasteiger partial charge in [0.1, 0.15) is 6.17 Å². The van der Waals surface area contributed by atoms with Crippen LogP contribution in [-0.4, -0.2) is 30.1 Å². The zero-order valence-electron chi connectivity index (χ0n) is 16.1. The summed E-state index contributed by atoms with van der Waals surface area (Å²) >= 11 is 0. The van der Waals surface area contributed by atoms with Crippen molar-refractivity contribution in [2.45, 2.75) is 46.0 Å². The molecule has 2 aromatic carbocycles. The fraction of sp³-hybridized carbons (Fsp3) is 0.381. The lowest BCUT2D eigenvalue weighted by molar-refractivity contribution is -0.0526. The van der Waals surface area contributed by atoms with Crippen molar-refractivity contribution in [3.8, 4) is 11.5 Å². The summed E-state index contributed by atoms with van der Waals surface area (Å²) < 4.78 is 36.6. The Morgan fingerprint density at radius 3 is 2.57 bits per heavy atom. The molecule has 5 nitrogen and oxygen atoms in total. The van der Waals surface area contributed by atoms with Gasteiger partial charge in [-0.15, -0.1) is 0 Å². The molecule has 1 aliphatic rings. The first-order valence-corrected chi connectivity index (χ1v) is 9.36. The summed E-state index contributed by atoms with van der Waals surface area (Å²) in [6.45, 7) is 2.97. The zero-order chi connectivity index (χ0) is 20.3. The van der Waals surface area contributed by atoms with Gasteiger partial charge >= 0.3 is 6.61 Å². The van der Waals surface area contributed by atoms with E-state index in [1.165, 1.54) is 0 Å². The van der Waals surface area contributed by atoms with Gasteiger partial charge in [-0.25, -0.2) is 0 Å². The standard InChI is InChI=1S/C21H24F2N2O3/c1-4-13(3)25-19(24-16-11-7-6-9-14(16)20(25)26)15-10-8-12-17(27-5-2)18(15)28-21(22)23/h6-13,19,21,24H,4-5H2,1-3H3/t13-,19+/m0/s1. The number of amides is 1. The van der Waals surface area contributed by atoms with Crippen molar-refractivity contribution in [1.82, 2.24) is 4.90 Å². The predicted octanol–water partition coefficient (Wildman–Crippen LogP) is 5.05. The van der Waals surface area contributed by atoms with Gasteiger partial charge in [0, 0.05) is 17.3 Å². The Kier molecular flexibility index (Phi) is 6.02. The van der Waals surface area contributed by atoms with Gasteiger partial charge in [-0.2, -0.15) is 8.78 Å². The summed E-state index contributed by atoms with van der Waals surface area (Å²) in [5.74, 6) is 0.00773. The highest BCUT2D eigenvalue weighted by molar-refractivity contribution is 6.02. The Bertz CT molecular complexity index is 844. The SMILES string of the molecule is CCOc1cccc([C@@H]2Nc3ccccc3C(=O)N2[C@@H](C)CC)c1OC(F)F. The summed E-state index contributed by atoms with van der Waals surface area (Å²) in [4.78, 5) is 14.9. The first-order chi connectivity index (χ1) is 13.5. The Labute approximate surface area is 163 Å². The Balaban J connectivity index is 2.14. The van der Waals surface area contributed by atoms with Crippen LogP contribution in [0.25, 0.3) is 0 Å². The number of halogens is 2. The Morgan fingerprint density at radius 2 is 1.89 bits per heavy atom. The van der Waals surface area contributed by atoms with Gasteiger partial charge in [-0.3, -0.25) is 4.79 Å². The monoisotopic (exact) mass is 390 g/mol. The van der Waals surface area contributed by atoms with Crippen molar-refractivity contribution in [1.29, 1.82) is 0 Å². The largest absolute Gasteiger partial charge is 0.490 e. The van der Waals surface area contributed by atoms with Gasteiger partial charge in [0.05, 0.1) is 12.2 Å². The minimum absolute atomic E-state index is 0.0580. The van der Waals surface area contributed by atoms with E-state index in [9.17, 15) is 13.6 Å². The molecule has 0 unspecified atom stereocenters. The number of benzene rings is 2. The van der Waals surface area contributed by atoms with Gasteiger partial charge in [-0.05, 0) is 38.5 Å². The highest BCUT2D eigenvalue weighted by Gasteiger charge is 2.37. The molecule has 1 aliphatic heterocycles. The van der Waals surface area contributed by atoms with E-state index in [2.05, 4.69) is 5.32 Å². The van der Waals surface area contributed by atoms with Crippen LogP contribution in [0.4, 0.5) is 14.5 Å². The van der Waals surface area contributed by atoms with Crippen molar-refractivity contribution >= 4 is 11.6 Å². The predicted molar refractivity (Wildman–Crippen MR) is 103 cm³/mol. The molecule has 1 heterocycles. The number of nitrogens with zero attached hydrogens (tertiary/aromatic N) is 1. The van der Waals surface area contributed by atoms with E-state index in [0.717, 1.165) is 0 Å². The molecule has 0 fully saturated rings. The molecule has 2 aromatic rings. The number of carbonyl (C=O) groups is 1. The van der Waals surface area contributed by atoms with Crippen LogP contribution in [0.1, 0.15) is 49.3 Å². The van der Waals surface area contributed by atoms with Crippen LogP contribution in [0, 0.1) is 0 Å². The maximum absolute atomic E-state index is 13.2. The number of hydrogen-bond acceptors (Lipinski definition) is 4. The number of fused-ring (bicyclic) bond motifs is 1. The molecule has 1 amide bonds. The third-order valence-electron chi connectivity index (χ3n) is 4.84. The number of rotatable bonds is 7. The smallest absolute Gasteiger partial charge is 0.387 e. The molecule has 0 bridgehead atoms. The molecule has 0 saturated carbocycles. The molecule has 0 radical (unpaired) electrons. The highest BCUT2D eigenvalue weighted by atomic mass is 19.3. The molecular weight excluding hydrogens is 366 g/mol. The fourth-order valence-corrected chi connectivity index (χ4v) is 3.38. The van der Waals surface area contributed by atoms with E-state index in [-0.39, 0.29) is 23.4 Å². The van der Waals surface area contributed by atoms with Crippen LogP contribution in [-0.2, 0) is 0 Å². The molecule has 2 atom stereocenters. The fourth-order valence-electron chi connectivity index (χ4n) is 3.38. The van der Waals surface area contributed by atoms with Crippen LogP contribution in [0.3, 0.4) is 0 Å². The third-order valence-corrected chi connectivity index (χ3v) is 4.84. The van der Waals surface area contributed by atoms with Crippen LogP contribution >= 0.6 is 0 Å². The second-order valence-electron chi connectivity index (χ2n) is 6.55. The summed E-state index contributed by atoms with van der Waals surface area (Å²) in [5.41, 5.74) is 1.63. The van der Waals surface area contributed by atoms with Crippen LogP contribution in [0.5, 0.6) is 11.5 Å². The lowest BCUT2D eigenvalue weighted by Crippen LogP contribution is -2.47. The van der Waals surface area contributed by atoms with Crippen molar-refractivity contribution in [2.75, 3.05) is 11.9 Å². The highest BCUT2D eigenvalue weighted by Crippen LogP contribution is 2.42. The molecule has 0 saturated heterocycles. The third kappa shape index (κ3) is 3.74. The normalized spacial score (nSPS) is 17.1. The summed E-state index contributed by atoms with van der Waals surface area (Å²) in [6.07, 6.45) is 0.0499. The molecule has 1 N–H and O–H groups in total. The Morgan fingerprint density at radius 1 is 1.14 bits per heavy atom. The van der Waals surface area contributed by atoms with Crippen molar-refractivity contribution in [3.63, 3.8) is 0 Å². The van der Waals surface area contributed by atoms with E-state index in [1.54, 1.807) is 48.2 Å².